The summed E-state index contributed by atoms with van der Waals surface area (Å²) in [7, 11) is 0. The first-order chi connectivity index (χ1) is 13.6. The summed E-state index contributed by atoms with van der Waals surface area (Å²) in [5, 5.41) is 3.37. The molecule has 152 valence electrons. The normalized spacial score (nSPS) is 19.2. The SMILES string of the molecule is O=C(NC1(C(F)(F)F)NC(=O)N(CCc2ccccc2)C1=O)c1cccc(Cl)c1. The van der Waals surface area contributed by atoms with Gasteiger partial charge in [0.25, 0.3) is 17.5 Å². The third-order valence-electron chi connectivity index (χ3n) is 4.39. The molecule has 0 bridgehead atoms. The number of alkyl halides is 3. The van der Waals surface area contributed by atoms with Crippen molar-refractivity contribution in [2.75, 3.05) is 6.54 Å². The van der Waals surface area contributed by atoms with Gasteiger partial charge in [0.05, 0.1) is 0 Å². The molecule has 1 aliphatic rings. The smallest absolute Gasteiger partial charge is 0.314 e. The van der Waals surface area contributed by atoms with Gasteiger partial charge in [0.1, 0.15) is 0 Å². The maximum atomic E-state index is 13.8. The van der Waals surface area contributed by atoms with Gasteiger partial charge in [-0.2, -0.15) is 13.2 Å². The van der Waals surface area contributed by atoms with E-state index >= 15 is 0 Å². The highest BCUT2D eigenvalue weighted by Gasteiger charge is 2.68. The molecular weight excluding hydrogens is 411 g/mol. The second kappa shape index (κ2) is 7.75. The minimum Gasteiger partial charge on any atom is -0.314 e. The Bertz CT molecular complexity index is 952. The highest BCUT2D eigenvalue weighted by Crippen LogP contribution is 2.34. The lowest BCUT2D eigenvalue weighted by Crippen LogP contribution is -2.69. The number of nitrogens with zero attached hydrogens (tertiary/aromatic N) is 1. The molecule has 1 heterocycles. The van der Waals surface area contributed by atoms with E-state index in [-0.39, 0.29) is 23.6 Å². The van der Waals surface area contributed by atoms with E-state index in [0.29, 0.717) is 4.90 Å². The highest BCUT2D eigenvalue weighted by molar-refractivity contribution is 6.31. The predicted octanol–water partition coefficient (Wildman–Crippen LogP) is 3.12. The van der Waals surface area contributed by atoms with Gasteiger partial charge in [-0.1, -0.05) is 48.0 Å². The van der Waals surface area contributed by atoms with Crippen LogP contribution in [0, 0.1) is 0 Å². The summed E-state index contributed by atoms with van der Waals surface area (Å²) < 4.78 is 41.5. The van der Waals surface area contributed by atoms with Crippen molar-refractivity contribution in [3.8, 4) is 0 Å². The predicted molar refractivity (Wildman–Crippen MR) is 98.1 cm³/mol. The zero-order chi connectivity index (χ0) is 21.2. The monoisotopic (exact) mass is 425 g/mol. The van der Waals surface area contributed by atoms with Gasteiger partial charge in [0.2, 0.25) is 0 Å². The number of nitrogens with one attached hydrogen (secondary N) is 2. The summed E-state index contributed by atoms with van der Waals surface area (Å²) in [5.41, 5.74) is -3.01. The van der Waals surface area contributed by atoms with Crippen molar-refractivity contribution in [2.24, 2.45) is 0 Å². The van der Waals surface area contributed by atoms with Crippen LogP contribution in [0.25, 0.3) is 0 Å². The Balaban J connectivity index is 1.85. The first kappa shape index (κ1) is 20.7. The van der Waals surface area contributed by atoms with E-state index in [4.69, 9.17) is 11.6 Å². The van der Waals surface area contributed by atoms with Crippen LogP contribution >= 0.6 is 11.6 Å². The van der Waals surface area contributed by atoms with Crippen LogP contribution in [-0.2, 0) is 11.2 Å². The van der Waals surface area contributed by atoms with E-state index in [2.05, 4.69) is 0 Å². The molecule has 3 rings (SSSR count). The fraction of sp³-hybridized carbons (Fsp3) is 0.211. The molecule has 0 spiro atoms. The Labute approximate surface area is 168 Å². The van der Waals surface area contributed by atoms with Gasteiger partial charge in [-0.05, 0) is 30.2 Å². The van der Waals surface area contributed by atoms with Gasteiger partial charge in [-0.25, -0.2) is 4.79 Å². The average Bonchev–Trinajstić information content (AvgIpc) is 2.91. The first-order valence-corrected chi connectivity index (χ1v) is 8.85. The molecule has 4 amide bonds. The van der Waals surface area contributed by atoms with Crippen molar-refractivity contribution < 1.29 is 27.6 Å². The lowest BCUT2D eigenvalue weighted by molar-refractivity contribution is -0.200. The maximum Gasteiger partial charge on any atom is 0.440 e. The van der Waals surface area contributed by atoms with Gasteiger partial charge in [0, 0.05) is 17.1 Å². The van der Waals surface area contributed by atoms with Crippen molar-refractivity contribution in [1.82, 2.24) is 15.5 Å². The fourth-order valence-electron chi connectivity index (χ4n) is 2.88. The van der Waals surface area contributed by atoms with E-state index in [1.807, 2.05) is 0 Å². The standard InChI is InChI=1S/C19H15ClF3N3O3/c20-14-8-4-7-13(11-14)15(27)24-18(19(21,22)23)16(28)26(17(29)25-18)10-9-12-5-2-1-3-6-12/h1-8,11H,9-10H2,(H,24,27)(H,25,29). The first-order valence-electron chi connectivity index (χ1n) is 8.47. The van der Waals surface area contributed by atoms with Gasteiger partial charge >= 0.3 is 12.2 Å². The highest BCUT2D eigenvalue weighted by atomic mass is 35.5. The minimum atomic E-state index is -5.27. The molecule has 2 aromatic rings. The molecule has 0 radical (unpaired) electrons. The molecule has 1 fully saturated rings. The molecule has 0 aromatic heterocycles. The van der Waals surface area contributed by atoms with Crippen LogP contribution in [0.15, 0.2) is 54.6 Å². The quantitative estimate of drug-likeness (QED) is 0.722. The zero-order valence-electron chi connectivity index (χ0n) is 14.8. The Morgan fingerprint density at radius 3 is 2.41 bits per heavy atom. The van der Waals surface area contributed by atoms with Crippen molar-refractivity contribution in [2.45, 2.75) is 18.3 Å². The Kier molecular flexibility index (Phi) is 5.52. The van der Waals surface area contributed by atoms with Crippen molar-refractivity contribution in [3.63, 3.8) is 0 Å². The van der Waals surface area contributed by atoms with Crippen LogP contribution in [0.1, 0.15) is 15.9 Å². The van der Waals surface area contributed by atoms with Gasteiger partial charge < -0.3 is 5.32 Å². The van der Waals surface area contributed by atoms with Crippen LogP contribution in [0.4, 0.5) is 18.0 Å². The number of imide groups is 1. The fourth-order valence-corrected chi connectivity index (χ4v) is 3.07. The van der Waals surface area contributed by atoms with Crippen LogP contribution in [0.2, 0.25) is 5.02 Å². The van der Waals surface area contributed by atoms with E-state index in [0.717, 1.165) is 11.6 Å². The Morgan fingerprint density at radius 2 is 1.79 bits per heavy atom. The maximum absolute atomic E-state index is 13.8. The van der Waals surface area contributed by atoms with E-state index in [9.17, 15) is 27.6 Å². The molecule has 0 saturated carbocycles. The Hall–Kier alpha value is -3.07. The average molecular weight is 426 g/mol. The van der Waals surface area contributed by atoms with Crippen molar-refractivity contribution >= 4 is 29.4 Å². The number of urea groups is 1. The molecular formula is C19H15ClF3N3O3. The number of benzene rings is 2. The van der Waals surface area contributed by atoms with Crippen molar-refractivity contribution in [3.05, 3.63) is 70.7 Å². The van der Waals surface area contributed by atoms with Gasteiger partial charge in [0.15, 0.2) is 0 Å². The van der Waals surface area contributed by atoms with Crippen molar-refractivity contribution in [1.29, 1.82) is 0 Å². The second-order valence-electron chi connectivity index (χ2n) is 6.33. The molecule has 0 aliphatic carbocycles. The lowest BCUT2D eigenvalue weighted by Gasteiger charge is -2.29. The summed E-state index contributed by atoms with van der Waals surface area (Å²) >= 11 is 5.76. The molecule has 1 atom stereocenters. The summed E-state index contributed by atoms with van der Waals surface area (Å²) in [6.45, 7) is -0.278. The van der Waals surface area contributed by atoms with Crippen LogP contribution in [0.3, 0.4) is 0 Å². The molecule has 1 saturated heterocycles. The summed E-state index contributed by atoms with van der Waals surface area (Å²) in [6.07, 6.45) is -5.11. The largest absolute Gasteiger partial charge is 0.440 e. The molecule has 1 aliphatic heterocycles. The third-order valence-corrected chi connectivity index (χ3v) is 4.62. The second-order valence-corrected chi connectivity index (χ2v) is 6.77. The molecule has 29 heavy (non-hydrogen) atoms. The molecule has 6 nitrogen and oxygen atoms in total. The minimum absolute atomic E-state index is 0.130. The van der Waals surface area contributed by atoms with Crippen LogP contribution < -0.4 is 10.6 Å². The summed E-state index contributed by atoms with van der Waals surface area (Å²) in [4.78, 5) is 37.6. The molecule has 2 N–H and O–H groups in total. The number of halogens is 4. The Morgan fingerprint density at radius 1 is 1.10 bits per heavy atom. The number of amides is 4. The summed E-state index contributed by atoms with van der Waals surface area (Å²) in [5.74, 6) is -2.80. The molecule has 10 heteroatoms. The number of hydrogen-bond acceptors (Lipinski definition) is 3. The van der Waals surface area contributed by atoms with E-state index in [1.165, 1.54) is 18.2 Å². The molecule has 2 aromatic carbocycles. The number of carbonyl (C=O) groups is 3. The van der Waals surface area contributed by atoms with E-state index < -0.39 is 29.7 Å². The lowest BCUT2D eigenvalue weighted by atomic mass is 10.1. The zero-order valence-corrected chi connectivity index (χ0v) is 15.6. The topological polar surface area (TPSA) is 78.5 Å². The van der Waals surface area contributed by atoms with Gasteiger partial charge in [-0.3, -0.25) is 19.8 Å². The van der Waals surface area contributed by atoms with Crippen LogP contribution in [-0.4, -0.2) is 41.1 Å². The summed E-state index contributed by atoms with van der Waals surface area (Å²) in [6, 6.07) is 12.6. The number of rotatable bonds is 5. The molecule has 1 unspecified atom stereocenters. The van der Waals surface area contributed by atoms with Gasteiger partial charge in [-0.15, -0.1) is 0 Å². The number of hydrogen-bond donors (Lipinski definition) is 2. The third kappa shape index (κ3) is 4.04. The number of carbonyl (C=O) groups excluding carboxylic acids is 3. The van der Waals surface area contributed by atoms with Crippen LogP contribution in [0.5, 0.6) is 0 Å². The van der Waals surface area contributed by atoms with E-state index in [1.54, 1.807) is 41.0 Å².